The summed E-state index contributed by atoms with van der Waals surface area (Å²) in [6.07, 6.45) is 1.45. The number of benzene rings is 1. The highest BCUT2D eigenvalue weighted by Crippen LogP contribution is 2.28. The van der Waals surface area contributed by atoms with E-state index in [2.05, 4.69) is 10.2 Å². The minimum atomic E-state index is -1.17. The van der Waals surface area contributed by atoms with Gasteiger partial charge in [-0.05, 0) is 42.9 Å². The number of hydrogen-bond acceptors (Lipinski definition) is 4. The summed E-state index contributed by atoms with van der Waals surface area (Å²) in [6.45, 7) is 1.68. The van der Waals surface area contributed by atoms with Crippen LogP contribution in [0.3, 0.4) is 0 Å². The molecule has 2 heterocycles. The lowest BCUT2D eigenvalue weighted by molar-refractivity contribution is -0.137. The van der Waals surface area contributed by atoms with Gasteiger partial charge in [-0.15, -0.1) is 0 Å². The maximum absolute atomic E-state index is 12.2. The topological polar surface area (TPSA) is 52.6 Å². The quantitative estimate of drug-likeness (QED) is 0.891. The fourth-order valence-electron chi connectivity index (χ4n) is 2.82. The first-order valence-electron chi connectivity index (χ1n) is 7.18. The van der Waals surface area contributed by atoms with Crippen LogP contribution in [0.15, 0.2) is 24.3 Å². The van der Waals surface area contributed by atoms with Crippen LogP contribution in [-0.2, 0) is 4.79 Å². The van der Waals surface area contributed by atoms with Crippen molar-refractivity contribution in [2.75, 3.05) is 29.5 Å². The second kappa shape index (κ2) is 6.07. The monoisotopic (exact) mass is 326 g/mol. The van der Waals surface area contributed by atoms with Crippen LogP contribution in [0.1, 0.15) is 12.8 Å². The molecule has 1 aromatic carbocycles. The summed E-state index contributed by atoms with van der Waals surface area (Å²) >= 11 is 7.53. The summed E-state index contributed by atoms with van der Waals surface area (Å²) < 4.78 is 0. The smallest absolute Gasteiger partial charge is 0.253 e. The largest absolute Gasteiger partial charge is 0.379 e. The van der Waals surface area contributed by atoms with Crippen molar-refractivity contribution in [2.45, 2.75) is 24.5 Å². The zero-order valence-corrected chi connectivity index (χ0v) is 13.3. The summed E-state index contributed by atoms with van der Waals surface area (Å²) in [5.74, 6) is 1.15. The molecule has 2 fully saturated rings. The van der Waals surface area contributed by atoms with E-state index in [4.69, 9.17) is 11.6 Å². The first-order chi connectivity index (χ1) is 10.1. The van der Waals surface area contributed by atoms with Crippen LogP contribution in [0.2, 0.25) is 5.02 Å². The Bertz CT molecular complexity index is 517. The average molecular weight is 327 g/mol. The van der Waals surface area contributed by atoms with Crippen molar-refractivity contribution in [3.8, 4) is 0 Å². The van der Waals surface area contributed by atoms with Gasteiger partial charge in [0, 0.05) is 35.6 Å². The lowest BCUT2D eigenvalue weighted by Gasteiger charge is -2.24. The lowest BCUT2D eigenvalue weighted by Crippen LogP contribution is -2.51. The highest BCUT2D eigenvalue weighted by atomic mass is 35.5. The molecule has 1 amide bonds. The molecular formula is C15H19ClN2O2S. The maximum atomic E-state index is 12.2. The van der Waals surface area contributed by atoms with Crippen molar-refractivity contribution in [1.82, 2.24) is 5.32 Å². The number of nitrogens with zero attached hydrogens (tertiary/aromatic N) is 1. The predicted octanol–water partition coefficient (Wildman–Crippen LogP) is 1.90. The lowest BCUT2D eigenvalue weighted by atomic mass is 10.0. The van der Waals surface area contributed by atoms with Gasteiger partial charge in [0.15, 0.2) is 5.60 Å². The van der Waals surface area contributed by atoms with Gasteiger partial charge in [0.25, 0.3) is 5.91 Å². The summed E-state index contributed by atoms with van der Waals surface area (Å²) in [6, 6.07) is 7.84. The molecule has 0 bridgehead atoms. The number of amides is 1. The first kappa shape index (κ1) is 15.0. The Kier molecular flexibility index (Phi) is 4.33. The molecule has 2 saturated heterocycles. The number of aliphatic hydroxyl groups is 1. The number of nitrogens with one attached hydrogen (secondary N) is 1. The number of thioether (sulfide) groups is 1. The third kappa shape index (κ3) is 3.30. The molecule has 2 aliphatic heterocycles. The molecule has 3 rings (SSSR count). The highest BCUT2D eigenvalue weighted by Gasteiger charge is 2.40. The van der Waals surface area contributed by atoms with Crippen LogP contribution in [0, 0.1) is 0 Å². The van der Waals surface area contributed by atoms with Crippen molar-refractivity contribution in [3.05, 3.63) is 29.3 Å². The fraction of sp³-hybridized carbons (Fsp3) is 0.533. The maximum Gasteiger partial charge on any atom is 0.253 e. The van der Waals surface area contributed by atoms with Gasteiger partial charge in [-0.2, -0.15) is 11.8 Å². The van der Waals surface area contributed by atoms with E-state index in [1.165, 1.54) is 0 Å². The van der Waals surface area contributed by atoms with Crippen LogP contribution in [0.4, 0.5) is 5.69 Å². The van der Waals surface area contributed by atoms with Gasteiger partial charge in [0.2, 0.25) is 0 Å². The van der Waals surface area contributed by atoms with E-state index in [1.807, 2.05) is 24.3 Å². The summed E-state index contributed by atoms with van der Waals surface area (Å²) in [4.78, 5) is 14.4. The van der Waals surface area contributed by atoms with Gasteiger partial charge < -0.3 is 15.3 Å². The number of halogens is 1. The molecule has 1 aromatic rings. The van der Waals surface area contributed by atoms with Gasteiger partial charge in [-0.1, -0.05) is 11.6 Å². The van der Waals surface area contributed by atoms with Gasteiger partial charge >= 0.3 is 0 Å². The van der Waals surface area contributed by atoms with Gasteiger partial charge in [0.05, 0.1) is 0 Å². The van der Waals surface area contributed by atoms with Gasteiger partial charge in [-0.25, -0.2) is 0 Å². The van der Waals surface area contributed by atoms with Crippen LogP contribution in [0.5, 0.6) is 0 Å². The Balaban J connectivity index is 1.57. The molecule has 2 atom stereocenters. The molecule has 21 heavy (non-hydrogen) atoms. The van der Waals surface area contributed by atoms with E-state index >= 15 is 0 Å². The molecule has 0 radical (unpaired) electrons. The summed E-state index contributed by atoms with van der Waals surface area (Å²) in [5.41, 5.74) is -0.0514. The second-order valence-electron chi connectivity index (χ2n) is 5.72. The van der Waals surface area contributed by atoms with E-state index in [-0.39, 0.29) is 11.9 Å². The molecule has 0 spiro atoms. The standard InChI is InChI=1S/C15H19ClN2O2S/c16-11-1-3-13(4-2-11)18-7-5-12(9-18)17-14(19)15(20)6-8-21-10-15/h1-4,12,20H,5-10H2,(H,17,19). The molecule has 2 unspecified atom stereocenters. The van der Waals surface area contributed by atoms with Crippen LogP contribution < -0.4 is 10.2 Å². The Labute approximate surface area is 133 Å². The Morgan fingerprint density at radius 1 is 1.43 bits per heavy atom. The van der Waals surface area contributed by atoms with Gasteiger partial charge in [0.1, 0.15) is 0 Å². The third-order valence-electron chi connectivity index (χ3n) is 4.14. The summed E-state index contributed by atoms with van der Waals surface area (Å²) in [5, 5.41) is 14.0. The van der Waals surface area contributed by atoms with Crippen LogP contribution >= 0.6 is 23.4 Å². The molecule has 2 N–H and O–H groups in total. The Morgan fingerprint density at radius 2 is 2.19 bits per heavy atom. The third-order valence-corrected chi connectivity index (χ3v) is 5.57. The molecule has 0 aromatic heterocycles. The van der Waals surface area contributed by atoms with Crippen molar-refractivity contribution < 1.29 is 9.90 Å². The fourth-order valence-corrected chi connectivity index (χ4v) is 4.18. The van der Waals surface area contributed by atoms with Crippen molar-refractivity contribution in [3.63, 3.8) is 0 Å². The molecule has 0 aliphatic carbocycles. The zero-order valence-electron chi connectivity index (χ0n) is 11.7. The molecule has 114 valence electrons. The molecule has 2 aliphatic rings. The molecule has 4 nitrogen and oxygen atoms in total. The van der Waals surface area contributed by atoms with E-state index in [9.17, 15) is 9.90 Å². The zero-order chi connectivity index (χ0) is 14.9. The number of carbonyl (C=O) groups excluding carboxylic acids is 1. The van der Waals surface area contributed by atoms with Crippen LogP contribution in [-0.4, -0.2) is 47.3 Å². The highest BCUT2D eigenvalue weighted by molar-refractivity contribution is 7.99. The van der Waals surface area contributed by atoms with Crippen molar-refractivity contribution in [1.29, 1.82) is 0 Å². The normalized spacial score (nSPS) is 28.9. The van der Waals surface area contributed by atoms with E-state index in [1.54, 1.807) is 11.8 Å². The minimum absolute atomic E-state index is 0.0998. The molecule has 6 heteroatoms. The predicted molar refractivity (Wildman–Crippen MR) is 87.1 cm³/mol. The minimum Gasteiger partial charge on any atom is -0.379 e. The Morgan fingerprint density at radius 3 is 2.86 bits per heavy atom. The molecular weight excluding hydrogens is 308 g/mol. The van der Waals surface area contributed by atoms with E-state index in [0.29, 0.717) is 12.2 Å². The SMILES string of the molecule is O=C(NC1CCN(c2ccc(Cl)cc2)C1)C1(O)CCSC1. The van der Waals surface area contributed by atoms with Crippen LogP contribution in [0.25, 0.3) is 0 Å². The second-order valence-corrected chi connectivity index (χ2v) is 7.26. The number of rotatable bonds is 3. The van der Waals surface area contributed by atoms with Crippen molar-refractivity contribution in [2.24, 2.45) is 0 Å². The number of hydrogen-bond donors (Lipinski definition) is 2. The Hall–Kier alpha value is -0.910. The molecule has 0 saturated carbocycles. The first-order valence-corrected chi connectivity index (χ1v) is 8.72. The number of anilines is 1. The average Bonchev–Trinajstić information content (AvgIpc) is 3.10. The van der Waals surface area contributed by atoms with E-state index < -0.39 is 5.60 Å². The van der Waals surface area contributed by atoms with E-state index in [0.717, 1.165) is 36.0 Å². The number of carbonyl (C=O) groups is 1. The summed E-state index contributed by atoms with van der Waals surface area (Å²) in [7, 11) is 0. The van der Waals surface area contributed by atoms with Gasteiger partial charge in [-0.3, -0.25) is 4.79 Å². The van der Waals surface area contributed by atoms with Crippen molar-refractivity contribution >= 4 is 35.0 Å².